The summed E-state index contributed by atoms with van der Waals surface area (Å²) in [6.45, 7) is 2.21. The third-order valence-corrected chi connectivity index (χ3v) is 3.72. The largest absolute Gasteiger partial charge is 0.381 e. The number of nitriles is 1. The van der Waals surface area contributed by atoms with Gasteiger partial charge < -0.3 is 5.32 Å². The van der Waals surface area contributed by atoms with Gasteiger partial charge in [0.25, 0.3) is 5.69 Å². The molecule has 0 bridgehead atoms. The Kier molecular flexibility index (Phi) is 4.77. The minimum Gasteiger partial charge on any atom is -0.381 e. The number of anilines is 1. The van der Waals surface area contributed by atoms with E-state index in [-0.39, 0.29) is 11.7 Å². The minimum atomic E-state index is -0.462. The fraction of sp³-hybridized carbons (Fsp3) is 0.462. The van der Waals surface area contributed by atoms with Crippen LogP contribution in [0.3, 0.4) is 0 Å². The first-order chi connectivity index (χ1) is 9.60. The number of nitrogens with one attached hydrogen (secondary N) is 1. The van der Waals surface area contributed by atoms with Gasteiger partial charge in [-0.2, -0.15) is 5.26 Å². The Hall–Kier alpha value is -1.84. The number of nitrogens with zero attached hydrogens (tertiary/aromatic N) is 3. The highest BCUT2D eigenvalue weighted by Gasteiger charge is 2.19. The maximum absolute atomic E-state index is 10.6. The van der Waals surface area contributed by atoms with E-state index in [1.54, 1.807) is 6.07 Å². The zero-order valence-corrected chi connectivity index (χ0v) is 11.6. The Balaban J connectivity index is 1.95. The molecule has 1 fully saturated rings. The first-order valence-corrected chi connectivity index (χ1v) is 6.77. The van der Waals surface area contributed by atoms with Crippen molar-refractivity contribution in [3.05, 3.63) is 33.3 Å². The van der Waals surface area contributed by atoms with Crippen LogP contribution in [0.25, 0.3) is 0 Å². The summed E-state index contributed by atoms with van der Waals surface area (Å²) >= 11 is 6.05. The zero-order chi connectivity index (χ0) is 14.5. The van der Waals surface area contributed by atoms with Gasteiger partial charge >= 0.3 is 0 Å². The van der Waals surface area contributed by atoms with Gasteiger partial charge in [0.2, 0.25) is 0 Å². The van der Waals surface area contributed by atoms with Crippen molar-refractivity contribution in [2.24, 2.45) is 0 Å². The van der Waals surface area contributed by atoms with E-state index in [9.17, 15) is 10.1 Å². The molecule has 1 aliphatic rings. The highest BCUT2D eigenvalue weighted by Crippen LogP contribution is 2.28. The van der Waals surface area contributed by atoms with Gasteiger partial charge in [0.15, 0.2) is 0 Å². The SMILES string of the molecule is N#CCN1CCC(Nc2ccc([N+](=O)[O-])cc2Cl)CC1. The van der Waals surface area contributed by atoms with Crippen molar-refractivity contribution in [1.29, 1.82) is 5.26 Å². The summed E-state index contributed by atoms with van der Waals surface area (Å²) in [5.41, 5.74) is 0.709. The molecule has 0 saturated carbocycles. The van der Waals surface area contributed by atoms with Crippen molar-refractivity contribution < 1.29 is 4.92 Å². The molecule has 1 aromatic rings. The molecule has 6 nitrogen and oxygen atoms in total. The second-order valence-electron chi connectivity index (χ2n) is 4.77. The quantitative estimate of drug-likeness (QED) is 0.524. The number of hydrogen-bond acceptors (Lipinski definition) is 5. The van der Waals surface area contributed by atoms with Crippen LogP contribution in [0.2, 0.25) is 5.02 Å². The van der Waals surface area contributed by atoms with E-state index in [2.05, 4.69) is 16.3 Å². The van der Waals surface area contributed by atoms with Gasteiger partial charge in [0.1, 0.15) is 0 Å². The number of benzene rings is 1. The monoisotopic (exact) mass is 294 g/mol. The van der Waals surface area contributed by atoms with Gasteiger partial charge in [-0.3, -0.25) is 15.0 Å². The van der Waals surface area contributed by atoms with E-state index < -0.39 is 4.92 Å². The summed E-state index contributed by atoms with van der Waals surface area (Å²) in [5, 5.41) is 23.0. The van der Waals surface area contributed by atoms with Crippen molar-refractivity contribution in [2.75, 3.05) is 25.0 Å². The fourth-order valence-electron chi connectivity index (χ4n) is 2.29. The molecule has 7 heteroatoms. The standard InChI is InChI=1S/C13H15ClN4O2/c14-12-9-11(18(19)20)1-2-13(12)16-10-3-6-17(7-4-10)8-5-15/h1-2,9-10,16H,3-4,6-8H2. The molecule has 1 heterocycles. The Morgan fingerprint density at radius 1 is 1.50 bits per heavy atom. The zero-order valence-electron chi connectivity index (χ0n) is 10.9. The number of non-ortho nitro benzene ring substituents is 1. The molecule has 0 aliphatic carbocycles. The lowest BCUT2D eigenvalue weighted by molar-refractivity contribution is -0.384. The average Bonchev–Trinajstić information content (AvgIpc) is 2.43. The maximum Gasteiger partial charge on any atom is 0.271 e. The van der Waals surface area contributed by atoms with Crippen LogP contribution in [0.5, 0.6) is 0 Å². The summed E-state index contributed by atoms with van der Waals surface area (Å²) in [6, 6.07) is 6.87. The lowest BCUT2D eigenvalue weighted by Gasteiger charge is -2.31. The lowest BCUT2D eigenvalue weighted by atomic mass is 10.0. The van der Waals surface area contributed by atoms with Crippen LogP contribution in [0, 0.1) is 21.4 Å². The van der Waals surface area contributed by atoms with Crippen molar-refractivity contribution in [3.8, 4) is 6.07 Å². The number of piperidine rings is 1. The molecule has 1 saturated heterocycles. The van der Waals surface area contributed by atoms with Gasteiger partial charge in [-0.15, -0.1) is 0 Å². The smallest absolute Gasteiger partial charge is 0.271 e. The number of nitro benzene ring substituents is 1. The molecule has 2 rings (SSSR count). The third kappa shape index (κ3) is 3.59. The molecule has 0 spiro atoms. The molecule has 20 heavy (non-hydrogen) atoms. The predicted molar refractivity (Wildman–Crippen MR) is 76.8 cm³/mol. The molecular weight excluding hydrogens is 280 g/mol. The van der Waals surface area contributed by atoms with Crippen molar-refractivity contribution in [1.82, 2.24) is 4.90 Å². The van der Waals surface area contributed by atoms with Gasteiger partial charge in [0.05, 0.1) is 28.2 Å². The highest BCUT2D eigenvalue weighted by atomic mass is 35.5. The highest BCUT2D eigenvalue weighted by molar-refractivity contribution is 6.33. The van der Waals surface area contributed by atoms with Gasteiger partial charge in [-0.1, -0.05) is 11.6 Å². The maximum atomic E-state index is 10.6. The van der Waals surface area contributed by atoms with Crippen molar-refractivity contribution in [3.63, 3.8) is 0 Å². The molecule has 1 aliphatic heterocycles. The van der Waals surface area contributed by atoms with Gasteiger partial charge in [0, 0.05) is 31.3 Å². The van der Waals surface area contributed by atoms with Crippen LogP contribution in [0.15, 0.2) is 18.2 Å². The molecule has 0 radical (unpaired) electrons. The van der Waals surface area contributed by atoms with E-state index in [1.807, 2.05) is 0 Å². The van der Waals surface area contributed by atoms with E-state index in [0.717, 1.165) is 31.6 Å². The normalized spacial score (nSPS) is 16.6. The minimum absolute atomic E-state index is 0.00982. The number of rotatable bonds is 4. The second-order valence-corrected chi connectivity index (χ2v) is 5.18. The summed E-state index contributed by atoms with van der Waals surface area (Å²) < 4.78 is 0. The predicted octanol–water partition coefficient (Wildman–Crippen LogP) is 2.65. The van der Waals surface area contributed by atoms with E-state index in [1.165, 1.54) is 12.1 Å². The van der Waals surface area contributed by atoms with Crippen molar-refractivity contribution in [2.45, 2.75) is 18.9 Å². The van der Waals surface area contributed by atoms with Crippen LogP contribution in [0.1, 0.15) is 12.8 Å². The van der Waals surface area contributed by atoms with Crippen LogP contribution in [0.4, 0.5) is 11.4 Å². The van der Waals surface area contributed by atoms with Crippen LogP contribution < -0.4 is 5.32 Å². The molecule has 106 valence electrons. The summed E-state index contributed by atoms with van der Waals surface area (Å²) in [5.74, 6) is 0. The first kappa shape index (κ1) is 14.6. The number of halogens is 1. The fourth-order valence-corrected chi connectivity index (χ4v) is 2.52. The molecule has 0 atom stereocenters. The van der Waals surface area contributed by atoms with Crippen LogP contribution in [-0.2, 0) is 0 Å². The summed E-state index contributed by atoms with van der Waals surface area (Å²) in [4.78, 5) is 12.3. The number of hydrogen-bond donors (Lipinski definition) is 1. The summed E-state index contributed by atoms with van der Waals surface area (Å²) in [6.07, 6.45) is 1.85. The van der Waals surface area contributed by atoms with Gasteiger partial charge in [-0.05, 0) is 18.9 Å². The molecule has 1 N–H and O–H groups in total. The Labute approximate surface area is 122 Å². The number of nitro groups is 1. The van der Waals surface area contributed by atoms with Gasteiger partial charge in [-0.25, -0.2) is 0 Å². The Morgan fingerprint density at radius 2 is 2.20 bits per heavy atom. The first-order valence-electron chi connectivity index (χ1n) is 6.40. The van der Waals surface area contributed by atoms with Crippen LogP contribution >= 0.6 is 11.6 Å². The van der Waals surface area contributed by atoms with E-state index in [0.29, 0.717) is 11.6 Å². The number of likely N-dealkylation sites (tertiary alicyclic amines) is 1. The lowest BCUT2D eigenvalue weighted by Crippen LogP contribution is -2.39. The molecule has 1 aromatic carbocycles. The Bertz CT molecular complexity index is 536. The third-order valence-electron chi connectivity index (χ3n) is 3.41. The van der Waals surface area contributed by atoms with Crippen molar-refractivity contribution >= 4 is 23.0 Å². The molecule has 0 aromatic heterocycles. The molecule has 0 unspecified atom stereocenters. The molecular formula is C13H15ClN4O2. The average molecular weight is 295 g/mol. The van der Waals surface area contributed by atoms with Crippen LogP contribution in [-0.4, -0.2) is 35.5 Å². The Morgan fingerprint density at radius 3 is 2.75 bits per heavy atom. The van der Waals surface area contributed by atoms with E-state index in [4.69, 9.17) is 16.9 Å². The molecule has 0 amide bonds. The topological polar surface area (TPSA) is 82.2 Å². The van der Waals surface area contributed by atoms with E-state index >= 15 is 0 Å². The summed E-state index contributed by atoms with van der Waals surface area (Å²) in [7, 11) is 0. The second kappa shape index (κ2) is 6.55.